The van der Waals surface area contributed by atoms with E-state index in [9.17, 15) is 26.4 Å². The molecule has 0 aliphatic heterocycles. The zero-order chi connectivity index (χ0) is 23.0. The molecule has 0 amide bonds. The minimum atomic E-state index is -4.87. The standard InChI is InChI=1S/C19H10Cl3F3N2O3S/c20-11-3-1-10(2-4-11)18(28)17-16(7-12(21)9-26-17)27-31(29,30)13-5-6-15(22)14(8-13)19(23,24)25/h1-9,27H. The maximum absolute atomic E-state index is 13.1. The van der Waals surface area contributed by atoms with Gasteiger partial charge in [-0.2, -0.15) is 13.2 Å². The van der Waals surface area contributed by atoms with Gasteiger partial charge in [-0.1, -0.05) is 34.8 Å². The number of nitrogens with one attached hydrogen (secondary N) is 1. The molecule has 1 heterocycles. The summed E-state index contributed by atoms with van der Waals surface area (Å²) in [7, 11) is -4.56. The molecule has 31 heavy (non-hydrogen) atoms. The van der Waals surface area contributed by atoms with Gasteiger partial charge >= 0.3 is 6.18 Å². The van der Waals surface area contributed by atoms with Gasteiger partial charge in [-0.3, -0.25) is 9.52 Å². The predicted octanol–water partition coefficient (Wildman–Crippen LogP) is 6.09. The molecule has 0 radical (unpaired) electrons. The Balaban J connectivity index is 2.03. The normalized spacial score (nSPS) is 11.9. The van der Waals surface area contributed by atoms with Crippen molar-refractivity contribution in [1.82, 2.24) is 4.98 Å². The molecule has 0 spiro atoms. The Morgan fingerprint density at radius 3 is 2.19 bits per heavy atom. The number of benzene rings is 2. The van der Waals surface area contributed by atoms with Crippen molar-refractivity contribution in [2.45, 2.75) is 11.1 Å². The van der Waals surface area contributed by atoms with E-state index in [0.717, 1.165) is 24.4 Å². The monoisotopic (exact) mass is 508 g/mol. The van der Waals surface area contributed by atoms with E-state index in [4.69, 9.17) is 34.8 Å². The Morgan fingerprint density at radius 2 is 1.58 bits per heavy atom. The molecule has 12 heteroatoms. The van der Waals surface area contributed by atoms with E-state index in [-0.39, 0.29) is 22.0 Å². The summed E-state index contributed by atoms with van der Waals surface area (Å²) in [4.78, 5) is 16.0. The molecule has 3 rings (SSSR count). The molecule has 5 nitrogen and oxygen atoms in total. The van der Waals surface area contributed by atoms with Crippen LogP contribution in [0.5, 0.6) is 0 Å². The van der Waals surface area contributed by atoms with Crippen LogP contribution < -0.4 is 4.72 Å². The molecule has 0 fully saturated rings. The molecule has 0 saturated heterocycles. The van der Waals surface area contributed by atoms with Crippen molar-refractivity contribution in [1.29, 1.82) is 0 Å². The summed E-state index contributed by atoms with van der Waals surface area (Å²) < 4.78 is 66.9. The van der Waals surface area contributed by atoms with Crippen LogP contribution in [-0.4, -0.2) is 19.2 Å². The van der Waals surface area contributed by atoms with Crippen LogP contribution in [-0.2, 0) is 16.2 Å². The first-order valence-electron chi connectivity index (χ1n) is 8.24. The summed E-state index contributed by atoms with van der Waals surface area (Å²) in [5.41, 5.74) is -1.78. The molecule has 0 atom stereocenters. The Bertz CT molecular complexity index is 1260. The summed E-state index contributed by atoms with van der Waals surface area (Å²) in [5, 5.41) is -0.281. The number of anilines is 1. The summed E-state index contributed by atoms with van der Waals surface area (Å²) >= 11 is 17.2. The maximum Gasteiger partial charge on any atom is 0.417 e. The van der Waals surface area contributed by atoms with Crippen LogP contribution in [0.25, 0.3) is 0 Å². The lowest BCUT2D eigenvalue weighted by Crippen LogP contribution is -2.18. The second-order valence-corrected chi connectivity index (χ2v) is 9.09. The van der Waals surface area contributed by atoms with Gasteiger partial charge < -0.3 is 0 Å². The van der Waals surface area contributed by atoms with Crippen molar-refractivity contribution in [3.05, 3.63) is 86.6 Å². The topological polar surface area (TPSA) is 76.1 Å². The number of sulfonamides is 1. The first kappa shape index (κ1) is 23.3. The minimum Gasteiger partial charge on any atom is -0.287 e. The highest BCUT2D eigenvalue weighted by Crippen LogP contribution is 2.36. The molecule has 1 aromatic heterocycles. The van der Waals surface area contributed by atoms with Crippen LogP contribution in [0.1, 0.15) is 21.6 Å². The highest BCUT2D eigenvalue weighted by molar-refractivity contribution is 7.92. The van der Waals surface area contributed by atoms with Crippen LogP contribution in [0.4, 0.5) is 18.9 Å². The summed E-state index contributed by atoms with van der Waals surface area (Å²) in [6.45, 7) is 0. The third kappa shape index (κ3) is 5.30. The molecule has 2 aromatic carbocycles. The first-order valence-corrected chi connectivity index (χ1v) is 10.9. The third-order valence-electron chi connectivity index (χ3n) is 3.97. The van der Waals surface area contributed by atoms with Gasteiger partial charge in [-0.05, 0) is 48.5 Å². The third-order valence-corrected chi connectivity index (χ3v) is 6.13. The zero-order valence-corrected chi connectivity index (χ0v) is 18.1. The van der Waals surface area contributed by atoms with Crippen molar-refractivity contribution >= 4 is 56.3 Å². The van der Waals surface area contributed by atoms with Gasteiger partial charge in [0, 0.05) is 16.8 Å². The van der Waals surface area contributed by atoms with Crippen molar-refractivity contribution in [2.24, 2.45) is 0 Å². The van der Waals surface area contributed by atoms with Gasteiger partial charge in [0.2, 0.25) is 5.78 Å². The van der Waals surface area contributed by atoms with Crippen molar-refractivity contribution in [3.8, 4) is 0 Å². The van der Waals surface area contributed by atoms with E-state index in [1.54, 1.807) is 0 Å². The Morgan fingerprint density at radius 1 is 0.935 bits per heavy atom. The fraction of sp³-hybridized carbons (Fsp3) is 0.0526. The van der Waals surface area contributed by atoms with Gasteiger partial charge in [0.1, 0.15) is 5.69 Å². The summed E-state index contributed by atoms with van der Waals surface area (Å²) in [6, 6.07) is 8.97. The summed E-state index contributed by atoms with van der Waals surface area (Å²) in [6.07, 6.45) is -3.73. The van der Waals surface area contributed by atoms with Crippen LogP contribution in [0, 0.1) is 0 Å². The zero-order valence-electron chi connectivity index (χ0n) is 15.0. The van der Waals surface area contributed by atoms with Crippen LogP contribution >= 0.6 is 34.8 Å². The fourth-order valence-corrected chi connectivity index (χ4v) is 4.12. The van der Waals surface area contributed by atoms with Gasteiger partial charge in [0.25, 0.3) is 10.0 Å². The number of pyridine rings is 1. The quantitative estimate of drug-likeness (QED) is 0.422. The number of alkyl halides is 3. The first-order chi connectivity index (χ1) is 14.4. The average molecular weight is 510 g/mol. The van der Waals surface area contributed by atoms with E-state index < -0.39 is 37.5 Å². The Labute approximate surface area is 189 Å². The lowest BCUT2D eigenvalue weighted by molar-refractivity contribution is -0.137. The number of hydrogen-bond donors (Lipinski definition) is 1. The van der Waals surface area contributed by atoms with Crippen LogP contribution in [0.3, 0.4) is 0 Å². The molecule has 0 saturated carbocycles. The van der Waals surface area contributed by atoms with Crippen molar-refractivity contribution < 1.29 is 26.4 Å². The van der Waals surface area contributed by atoms with Crippen molar-refractivity contribution in [2.75, 3.05) is 4.72 Å². The van der Waals surface area contributed by atoms with Crippen LogP contribution in [0.15, 0.2) is 59.6 Å². The predicted molar refractivity (Wildman–Crippen MR) is 111 cm³/mol. The molecular weight excluding hydrogens is 500 g/mol. The number of halogens is 6. The highest BCUT2D eigenvalue weighted by Gasteiger charge is 2.34. The van der Waals surface area contributed by atoms with E-state index in [2.05, 4.69) is 9.71 Å². The Hall–Kier alpha value is -2.33. The lowest BCUT2D eigenvalue weighted by Gasteiger charge is -2.14. The van der Waals surface area contributed by atoms with Gasteiger partial charge in [-0.15, -0.1) is 0 Å². The number of hydrogen-bond acceptors (Lipinski definition) is 4. The average Bonchev–Trinajstić information content (AvgIpc) is 2.67. The largest absolute Gasteiger partial charge is 0.417 e. The number of carbonyl (C=O) groups is 1. The van der Waals surface area contributed by atoms with Crippen LogP contribution in [0.2, 0.25) is 15.1 Å². The molecule has 1 N–H and O–H groups in total. The number of ketones is 1. The number of carbonyl (C=O) groups excluding carboxylic acids is 1. The number of nitrogens with zero attached hydrogens (tertiary/aromatic N) is 1. The molecule has 3 aromatic rings. The van der Waals surface area contributed by atoms with Gasteiger partial charge in [-0.25, -0.2) is 13.4 Å². The summed E-state index contributed by atoms with van der Waals surface area (Å²) in [5.74, 6) is -0.655. The van der Waals surface area contributed by atoms with Gasteiger partial charge in [0.15, 0.2) is 0 Å². The highest BCUT2D eigenvalue weighted by atomic mass is 35.5. The second-order valence-electron chi connectivity index (χ2n) is 6.13. The smallest absolute Gasteiger partial charge is 0.287 e. The van der Waals surface area contributed by atoms with Gasteiger partial charge in [0.05, 0.1) is 26.2 Å². The lowest BCUT2D eigenvalue weighted by atomic mass is 10.1. The SMILES string of the molecule is O=C(c1ccc(Cl)cc1)c1ncc(Cl)cc1NS(=O)(=O)c1ccc(Cl)c(C(F)(F)F)c1. The van der Waals surface area contributed by atoms with Crippen molar-refractivity contribution in [3.63, 3.8) is 0 Å². The maximum atomic E-state index is 13.1. The number of rotatable bonds is 5. The molecule has 0 aliphatic rings. The molecule has 0 aliphatic carbocycles. The van der Waals surface area contributed by atoms with E-state index in [1.165, 1.54) is 24.3 Å². The molecule has 0 unspecified atom stereocenters. The molecule has 162 valence electrons. The van der Waals surface area contributed by atoms with E-state index >= 15 is 0 Å². The fourth-order valence-electron chi connectivity index (χ4n) is 2.53. The van der Waals surface area contributed by atoms with E-state index in [1.807, 2.05) is 0 Å². The molecular formula is C19H10Cl3F3N2O3S. The Kier molecular flexibility index (Phi) is 6.52. The van der Waals surface area contributed by atoms with E-state index in [0.29, 0.717) is 11.1 Å². The number of aromatic nitrogens is 1. The molecule has 0 bridgehead atoms. The second kappa shape index (κ2) is 8.66. The minimum absolute atomic E-state index is 0.00237.